The molecule has 4 nitrogen and oxygen atoms in total. The summed E-state index contributed by atoms with van der Waals surface area (Å²) in [6, 6.07) is 5.27. The van der Waals surface area contributed by atoms with Crippen LogP contribution in [-0.4, -0.2) is 23.8 Å². The number of halogens is 2. The highest BCUT2D eigenvalue weighted by Crippen LogP contribution is 2.33. The number of rotatable bonds is 3. The van der Waals surface area contributed by atoms with Gasteiger partial charge < -0.3 is 4.74 Å². The summed E-state index contributed by atoms with van der Waals surface area (Å²) < 4.78 is 5.36. The van der Waals surface area contributed by atoms with E-state index in [9.17, 15) is 9.59 Å². The van der Waals surface area contributed by atoms with E-state index in [2.05, 4.69) is 25.7 Å². The van der Waals surface area contributed by atoms with Gasteiger partial charge in [-0.25, -0.2) is 9.78 Å². The number of ketones is 1. The van der Waals surface area contributed by atoms with Crippen LogP contribution in [0.15, 0.2) is 22.7 Å². The summed E-state index contributed by atoms with van der Waals surface area (Å²) in [5.41, 5.74) is 0.815. The van der Waals surface area contributed by atoms with Gasteiger partial charge in [0.2, 0.25) is 0 Å². The van der Waals surface area contributed by atoms with Crippen LogP contribution in [-0.2, 0) is 4.74 Å². The number of nitrogens with zero attached hydrogens (tertiary/aromatic N) is 1. The highest BCUT2D eigenvalue weighted by atomic mass is 79.9. The number of carbonyl (C=O) groups is 2. The zero-order valence-electron chi connectivity index (χ0n) is 10.6. The Hall–Kier alpha value is -1.24. The van der Waals surface area contributed by atoms with E-state index in [4.69, 9.17) is 11.6 Å². The van der Waals surface area contributed by atoms with Crippen molar-refractivity contribution in [1.82, 2.24) is 4.98 Å². The second kappa shape index (κ2) is 6.03. The summed E-state index contributed by atoms with van der Waals surface area (Å²) in [6.07, 6.45) is 0. The summed E-state index contributed by atoms with van der Waals surface area (Å²) in [4.78, 5) is 27.7. The van der Waals surface area contributed by atoms with Crippen molar-refractivity contribution in [3.8, 4) is 10.6 Å². The highest BCUT2D eigenvalue weighted by molar-refractivity contribution is 9.10. The molecule has 20 heavy (non-hydrogen) atoms. The molecule has 0 aliphatic rings. The topological polar surface area (TPSA) is 56.3 Å². The molecule has 104 valence electrons. The van der Waals surface area contributed by atoms with Crippen LogP contribution in [0.4, 0.5) is 0 Å². The van der Waals surface area contributed by atoms with Gasteiger partial charge in [0.05, 0.1) is 12.1 Å². The van der Waals surface area contributed by atoms with Crippen LogP contribution < -0.4 is 0 Å². The van der Waals surface area contributed by atoms with Crippen LogP contribution in [0.5, 0.6) is 0 Å². The van der Waals surface area contributed by atoms with Gasteiger partial charge >= 0.3 is 5.97 Å². The van der Waals surface area contributed by atoms with Gasteiger partial charge in [-0.3, -0.25) is 4.79 Å². The molecule has 2 aromatic rings. The summed E-state index contributed by atoms with van der Waals surface area (Å²) in [7, 11) is 1.25. The molecule has 0 unspecified atom stereocenters. The molecule has 0 saturated carbocycles. The zero-order valence-corrected chi connectivity index (χ0v) is 13.7. The van der Waals surface area contributed by atoms with Crippen LogP contribution >= 0.6 is 38.9 Å². The largest absolute Gasteiger partial charge is 0.464 e. The Balaban J connectivity index is 2.55. The van der Waals surface area contributed by atoms with Gasteiger partial charge in [-0.05, 0) is 28.1 Å². The predicted octanol–water partition coefficient (Wildman–Crippen LogP) is 4.22. The van der Waals surface area contributed by atoms with E-state index < -0.39 is 5.97 Å². The molecule has 0 spiro atoms. The Bertz CT molecular complexity index is 699. The van der Waals surface area contributed by atoms with Gasteiger partial charge in [-0.15, -0.1) is 11.3 Å². The van der Waals surface area contributed by atoms with Crippen molar-refractivity contribution in [3.05, 3.63) is 38.3 Å². The first kappa shape index (κ1) is 15.2. The van der Waals surface area contributed by atoms with Gasteiger partial charge in [0.1, 0.15) is 9.88 Å². The number of carbonyl (C=O) groups excluding carboxylic acids is 2. The minimum Gasteiger partial charge on any atom is -0.464 e. The number of Topliss-reactive ketones (excluding diaryl/α,β-unsaturated/α-hetero) is 1. The minimum absolute atomic E-state index is 0.0473. The summed E-state index contributed by atoms with van der Waals surface area (Å²) in [6.45, 7) is 1.39. The normalized spacial score (nSPS) is 10.4. The average molecular weight is 375 g/mol. The Morgan fingerprint density at radius 2 is 2.10 bits per heavy atom. The molecule has 0 amide bonds. The monoisotopic (exact) mass is 373 g/mol. The molecule has 2 rings (SSSR count). The van der Waals surface area contributed by atoms with E-state index in [-0.39, 0.29) is 16.4 Å². The van der Waals surface area contributed by atoms with E-state index in [0.717, 1.165) is 21.4 Å². The molecule has 0 radical (unpaired) electrons. The average Bonchev–Trinajstić information content (AvgIpc) is 2.86. The maximum Gasteiger partial charge on any atom is 0.358 e. The maximum absolute atomic E-state index is 11.6. The predicted molar refractivity (Wildman–Crippen MR) is 81.6 cm³/mol. The van der Waals surface area contributed by atoms with Gasteiger partial charge in [-0.2, -0.15) is 0 Å². The molecule has 0 aliphatic carbocycles. The van der Waals surface area contributed by atoms with Crippen LogP contribution in [0, 0.1) is 0 Å². The lowest BCUT2D eigenvalue weighted by atomic mass is 10.2. The Morgan fingerprint density at radius 3 is 2.65 bits per heavy atom. The molecule has 0 N–H and O–H groups in total. The van der Waals surface area contributed by atoms with Crippen LogP contribution in [0.1, 0.15) is 27.1 Å². The fourth-order valence-electron chi connectivity index (χ4n) is 1.55. The third-order valence-electron chi connectivity index (χ3n) is 2.49. The Labute approximate surface area is 132 Å². The van der Waals surface area contributed by atoms with Crippen molar-refractivity contribution >= 4 is 50.6 Å². The van der Waals surface area contributed by atoms with Crippen molar-refractivity contribution in [2.24, 2.45) is 0 Å². The lowest BCUT2D eigenvalue weighted by Crippen LogP contribution is -2.06. The van der Waals surface area contributed by atoms with Gasteiger partial charge in [0.25, 0.3) is 0 Å². The number of benzene rings is 1. The van der Waals surface area contributed by atoms with Gasteiger partial charge in [0.15, 0.2) is 11.5 Å². The fourth-order valence-corrected chi connectivity index (χ4v) is 2.99. The second-order valence-electron chi connectivity index (χ2n) is 3.87. The number of ether oxygens (including phenoxy) is 1. The van der Waals surface area contributed by atoms with Crippen LogP contribution in [0.2, 0.25) is 5.02 Å². The lowest BCUT2D eigenvalue weighted by Gasteiger charge is -1.99. The summed E-state index contributed by atoms with van der Waals surface area (Å²) >= 11 is 10.4. The van der Waals surface area contributed by atoms with Crippen molar-refractivity contribution < 1.29 is 14.3 Å². The Morgan fingerprint density at radius 1 is 1.40 bits per heavy atom. The third kappa shape index (κ3) is 2.92. The second-order valence-corrected chi connectivity index (χ2v) is 6.13. The van der Waals surface area contributed by atoms with E-state index in [1.807, 2.05) is 0 Å². The first-order chi connectivity index (χ1) is 9.43. The van der Waals surface area contributed by atoms with E-state index in [1.165, 1.54) is 14.0 Å². The SMILES string of the molecule is COC(=O)c1nc(-c2ccc(Cl)c(Br)c2)sc1C(C)=O. The highest BCUT2D eigenvalue weighted by Gasteiger charge is 2.22. The third-order valence-corrected chi connectivity index (χ3v) is 4.91. The molecular formula is C13H9BrClNO3S. The van der Waals surface area contributed by atoms with E-state index in [0.29, 0.717) is 10.0 Å². The van der Waals surface area contributed by atoms with Crippen LogP contribution in [0.25, 0.3) is 10.6 Å². The van der Waals surface area contributed by atoms with Gasteiger partial charge in [0, 0.05) is 17.0 Å². The summed E-state index contributed by atoms with van der Waals surface area (Å²) in [5, 5.41) is 1.14. The number of aromatic nitrogens is 1. The maximum atomic E-state index is 11.6. The standard InChI is InChI=1S/C13H9BrClNO3S/c1-6(17)11-10(13(18)19-2)16-12(20-11)7-3-4-9(15)8(14)5-7/h3-5H,1-2H3. The van der Waals surface area contributed by atoms with Crippen molar-refractivity contribution in [3.63, 3.8) is 0 Å². The molecule has 0 atom stereocenters. The number of methoxy groups -OCH3 is 1. The molecule has 0 saturated heterocycles. The molecule has 0 fully saturated rings. The van der Waals surface area contributed by atoms with Crippen molar-refractivity contribution in [2.45, 2.75) is 6.92 Å². The van der Waals surface area contributed by atoms with Crippen molar-refractivity contribution in [1.29, 1.82) is 0 Å². The summed E-state index contributed by atoms with van der Waals surface area (Å²) in [5.74, 6) is -0.840. The molecule has 1 aromatic heterocycles. The lowest BCUT2D eigenvalue weighted by molar-refractivity contribution is 0.0591. The van der Waals surface area contributed by atoms with Crippen molar-refractivity contribution in [2.75, 3.05) is 7.11 Å². The van der Waals surface area contributed by atoms with Crippen LogP contribution in [0.3, 0.4) is 0 Å². The van der Waals surface area contributed by atoms with Gasteiger partial charge in [-0.1, -0.05) is 17.7 Å². The van der Waals surface area contributed by atoms with E-state index >= 15 is 0 Å². The van der Waals surface area contributed by atoms with E-state index in [1.54, 1.807) is 18.2 Å². The zero-order chi connectivity index (χ0) is 14.9. The first-order valence-corrected chi connectivity index (χ1v) is 7.48. The molecule has 0 bridgehead atoms. The number of thiazole rings is 1. The minimum atomic E-state index is -0.620. The molecule has 1 heterocycles. The molecular weight excluding hydrogens is 366 g/mol. The fraction of sp³-hybridized carbons (Fsp3) is 0.154. The quantitative estimate of drug-likeness (QED) is 0.596. The first-order valence-electron chi connectivity index (χ1n) is 5.49. The number of esters is 1. The number of hydrogen-bond donors (Lipinski definition) is 0. The smallest absolute Gasteiger partial charge is 0.358 e. The Kier molecular flexibility index (Phi) is 4.57. The number of hydrogen-bond acceptors (Lipinski definition) is 5. The molecule has 1 aromatic carbocycles. The molecule has 7 heteroatoms. The molecule has 0 aliphatic heterocycles.